The monoisotopic (exact) mass is 477 g/mol. The van der Waals surface area contributed by atoms with Crippen LogP contribution in [0, 0.1) is 0 Å². The van der Waals surface area contributed by atoms with Crippen LogP contribution in [0.1, 0.15) is 39.2 Å². The number of thioether (sulfide) groups is 1. The lowest BCUT2D eigenvalue weighted by Crippen LogP contribution is -2.43. The van der Waals surface area contributed by atoms with Crippen LogP contribution < -0.4 is 15.5 Å². The summed E-state index contributed by atoms with van der Waals surface area (Å²) in [4.78, 5) is 11.1. The Morgan fingerprint density at radius 2 is 2.08 bits per heavy atom. The van der Waals surface area contributed by atoms with Crippen molar-refractivity contribution in [1.29, 1.82) is 0 Å². The van der Waals surface area contributed by atoms with Crippen LogP contribution in [0.3, 0.4) is 0 Å². The summed E-state index contributed by atoms with van der Waals surface area (Å²) in [5.41, 5.74) is 1.16. The molecule has 1 atom stereocenters. The van der Waals surface area contributed by atoms with Crippen molar-refractivity contribution in [2.75, 3.05) is 37.3 Å². The molecular formula is C18H32IN5S. The summed E-state index contributed by atoms with van der Waals surface area (Å²) in [6.07, 6.45) is 4.54. The Morgan fingerprint density at radius 3 is 2.60 bits per heavy atom. The van der Waals surface area contributed by atoms with Crippen molar-refractivity contribution in [1.82, 2.24) is 15.6 Å². The molecule has 1 fully saturated rings. The Bertz CT molecular complexity index is 525. The van der Waals surface area contributed by atoms with Gasteiger partial charge in [0.15, 0.2) is 5.96 Å². The van der Waals surface area contributed by atoms with E-state index >= 15 is 0 Å². The molecule has 1 aromatic heterocycles. The number of anilines is 1. The van der Waals surface area contributed by atoms with Gasteiger partial charge in [-0.3, -0.25) is 4.99 Å². The predicted molar refractivity (Wildman–Crippen MR) is 122 cm³/mol. The van der Waals surface area contributed by atoms with E-state index in [1.165, 1.54) is 18.6 Å². The van der Waals surface area contributed by atoms with Gasteiger partial charge in [-0.15, -0.1) is 24.0 Å². The number of nitrogens with zero attached hydrogens (tertiary/aromatic N) is 3. The zero-order valence-electron chi connectivity index (χ0n) is 15.8. The number of guanidine groups is 1. The quantitative estimate of drug-likeness (QED) is 0.358. The molecule has 0 aromatic carbocycles. The summed E-state index contributed by atoms with van der Waals surface area (Å²) >= 11 is 2.06. The molecule has 25 heavy (non-hydrogen) atoms. The highest BCUT2D eigenvalue weighted by Crippen LogP contribution is 2.36. The minimum absolute atomic E-state index is 0. The first-order valence-corrected chi connectivity index (χ1v) is 9.87. The lowest BCUT2D eigenvalue weighted by Gasteiger charge is -2.24. The van der Waals surface area contributed by atoms with Gasteiger partial charge in [-0.25, -0.2) is 4.98 Å². The van der Waals surface area contributed by atoms with E-state index in [1.807, 2.05) is 13.2 Å². The van der Waals surface area contributed by atoms with Gasteiger partial charge < -0.3 is 15.5 Å². The third-order valence-corrected chi connectivity index (χ3v) is 6.05. The predicted octanol–water partition coefficient (Wildman–Crippen LogP) is 3.50. The fourth-order valence-corrected chi connectivity index (χ4v) is 4.15. The zero-order valence-corrected chi connectivity index (χ0v) is 19.0. The number of hydrogen-bond donors (Lipinski definition) is 2. The molecule has 0 saturated carbocycles. The van der Waals surface area contributed by atoms with Gasteiger partial charge in [0.2, 0.25) is 0 Å². The van der Waals surface area contributed by atoms with E-state index < -0.39 is 0 Å². The molecule has 1 aromatic rings. The summed E-state index contributed by atoms with van der Waals surface area (Å²) in [7, 11) is 1.82. The van der Waals surface area contributed by atoms with Crippen molar-refractivity contribution >= 4 is 47.5 Å². The molecule has 0 amide bonds. The lowest BCUT2D eigenvalue weighted by molar-refractivity contribution is 0.584. The maximum atomic E-state index is 4.57. The third-order valence-electron chi connectivity index (χ3n) is 4.51. The smallest absolute Gasteiger partial charge is 0.191 e. The van der Waals surface area contributed by atoms with Gasteiger partial charge in [0.25, 0.3) is 0 Å². The van der Waals surface area contributed by atoms with Crippen LogP contribution in [0.25, 0.3) is 0 Å². The number of pyridine rings is 1. The average Bonchev–Trinajstić information content (AvgIpc) is 3.04. The second-order valence-corrected chi connectivity index (χ2v) is 8.06. The molecular weight excluding hydrogens is 445 g/mol. The number of rotatable bonds is 7. The molecule has 5 nitrogen and oxygen atoms in total. The zero-order chi connectivity index (χ0) is 17.4. The minimum atomic E-state index is 0. The number of aliphatic imine (C=N–C) groups is 1. The Balaban J connectivity index is 0.00000312. The fourth-order valence-electron chi connectivity index (χ4n) is 2.91. The molecule has 2 rings (SSSR count). The lowest BCUT2D eigenvalue weighted by atomic mass is 10.1. The van der Waals surface area contributed by atoms with Crippen molar-refractivity contribution in [3.05, 3.63) is 23.9 Å². The van der Waals surface area contributed by atoms with Crippen LogP contribution in [-0.2, 0) is 6.54 Å². The maximum absolute atomic E-state index is 4.57. The summed E-state index contributed by atoms with van der Waals surface area (Å²) in [5, 5.41) is 6.84. The largest absolute Gasteiger partial charge is 0.357 e. The molecule has 2 N–H and O–H groups in total. The molecule has 1 unspecified atom stereocenters. The highest BCUT2D eigenvalue weighted by molar-refractivity contribution is 14.0. The van der Waals surface area contributed by atoms with Crippen LogP contribution >= 0.6 is 35.7 Å². The Morgan fingerprint density at radius 1 is 1.32 bits per heavy atom. The molecule has 2 heterocycles. The molecule has 0 bridgehead atoms. The molecule has 1 saturated heterocycles. The molecule has 142 valence electrons. The van der Waals surface area contributed by atoms with Gasteiger partial charge in [0.05, 0.1) is 0 Å². The summed E-state index contributed by atoms with van der Waals surface area (Å²) in [6.45, 7) is 10.3. The molecule has 7 heteroatoms. The van der Waals surface area contributed by atoms with Gasteiger partial charge in [0.1, 0.15) is 5.82 Å². The topological polar surface area (TPSA) is 52.5 Å². The molecule has 0 aliphatic carbocycles. The molecule has 1 aliphatic rings. The number of hydrogen-bond acceptors (Lipinski definition) is 4. The van der Waals surface area contributed by atoms with Gasteiger partial charge >= 0.3 is 0 Å². The van der Waals surface area contributed by atoms with E-state index in [9.17, 15) is 0 Å². The van der Waals surface area contributed by atoms with Crippen LogP contribution in [-0.4, -0.2) is 48.1 Å². The first-order chi connectivity index (χ1) is 11.6. The van der Waals surface area contributed by atoms with E-state index in [1.54, 1.807) is 0 Å². The Labute approximate surface area is 173 Å². The van der Waals surface area contributed by atoms with E-state index in [-0.39, 0.29) is 24.0 Å². The van der Waals surface area contributed by atoms with Crippen molar-refractivity contribution in [2.24, 2.45) is 4.99 Å². The van der Waals surface area contributed by atoms with Gasteiger partial charge in [-0.1, -0.05) is 6.07 Å². The van der Waals surface area contributed by atoms with Gasteiger partial charge in [0, 0.05) is 44.2 Å². The summed E-state index contributed by atoms with van der Waals surface area (Å²) < 4.78 is 0.338. The van der Waals surface area contributed by atoms with Crippen molar-refractivity contribution in [3.8, 4) is 0 Å². The third kappa shape index (κ3) is 6.84. The van der Waals surface area contributed by atoms with Crippen molar-refractivity contribution < 1.29 is 0 Å². The summed E-state index contributed by atoms with van der Waals surface area (Å²) in [5.74, 6) is 3.17. The van der Waals surface area contributed by atoms with Crippen molar-refractivity contribution in [3.63, 3.8) is 0 Å². The van der Waals surface area contributed by atoms with E-state index in [0.717, 1.165) is 43.5 Å². The minimum Gasteiger partial charge on any atom is -0.357 e. The second-order valence-electron chi connectivity index (χ2n) is 6.38. The first kappa shape index (κ1) is 22.3. The van der Waals surface area contributed by atoms with Crippen LogP contribution in [0.15, 0.2) is 23.3 Å². The highest BCUT2D eigenvalue weighted by Gasteiger charge is 2.29. The molecule has 1 aliphatic heterocycles. The summed E-state index contributed by atoms with van der Waals surface area (Å²) in [6, 6.07) is 4.23. The first-order valence-electron chi connectivity index (χ1n) is 8.88. The maximum Gasteiger partial charge on any atom is 0.191 e. The van der Waals surface area contributed by atoms with E-state index in [4.69, 9.17) is 0 Å². The fraction of sp³-hybridized carbons (Fsp3) is 0.667. The Hall–Kier alpha value is -0.700. The number of nitrogens with one attached hydrogen (secondary N) is 2. The highest BCUT2D eigenvalue weighted by atomic mass is 127. The normalized spacial score (nSPS) is 20.1. The SMILES string of the molecule is CCN(CC)c1ccc(CNC(=NC)NCC2(C)CCCS2)cn1.I. The van der Waals surface area contributed by atoms with Crippen LogP contribution in [0.5, 0.6) is 0 Å². The number of halogens is 1. The van der Waals surface area contributed by atoms with Gasteiger partial charge in [-0.05, 0) is 51.0 Å². The molecule has 0 spiro atoms. The number of aromatic nitrogens is 1. The Kier molecular flexibility index (Phi) is 9.92. The second kappa shape index (κ2) is 11.1. The van der Waals surface area contributed by atoms with Gasteiger partial charge in [-0.2, -0.15) is 11.8 Å². The van der Waals surface area contributed by atoms with Crippen LogP contribution in [0.4, 0.5) is 5.82 Å². The van der Waals surface area contributed by atoms with E-state index in [2.05, 4.69) is 70.2 Å². The van der Waals surface area contributed by atoms with E-state index in [0.29, 0.717) is 4.75 Å². The molecule has 0 radical (unpaired) electrons. The van der Waals surface area contributed by atoms with Crippen LogP contribution in [0.2, 0.25) is 0 Å². The average molecular weight is 477 g/mol. The van der Waals surface area contributed by atoms with Crippen molar-refractivity contribution in [2.45, 2.75) is 44.9 Å². The standard InChI is InChI=1S/C18H31N5S.HI/c1-5-23(6-2)16-9-8-15(12-20-16)13-21-17(19-4)22-14-18(3)10-7-11-24-18;/h8-9,12H,5-7,10-11,13-14H2,1-4H3,(H2,19,21,22);1H.